The fourth-order valence-corrected chi connectivity index (χ4v) is 0.226. The van der Waals surface area contributed by atoms with Crippen LogP contribution < -0.4 is 0 Å². The quantitative estimate of drug-likeness (QED) is 0.317. The number of hydrogen-bond acceptors (Lipinski definition) is 3. The maximum absolute atomic E-state index is 4.80. The van der Waals surface area contributed by atoms with Crippen molar-refractivity contribution in [2.45, 2.75) is 6.92 Å². The zero-order chi connectivity index (χ0) is 6.95. The minimum Gasteiger partial charge on any atom is -0.448 e. The lowest BCUT2D eigenvalue weighted by atomic mass is 10.9. The summed E-state index contributed by atoms with van der Waals surface area (Å²) in [6, 6.07) is 0. The summed E-state index contributed by atoms with van der Waals surface area (Å²) in [5.74, 6) is 0. The summed E-state index contributed by atoms with van der Waals surface area (Å²) in [4.78, 5) is 0. The first-order chi connectivity index (χ1) is 4.41. The second-order valence-electron chi connectivity index (χ2n) is 1.16. The molecule has 3 nitrogen and oxygen atoms in total. The van der Waals surface area contributed by atoms with Gasteiger partial charge in [-0.25, -0.2) is 0 Å². The molecule has 0 saturated heterocycles. The predicted octanol–water partition coefficient (Wildman–Crippen LogP) is 0.562. The average molecular weight is 130 g/mol. The molecule has 0 spiro atoms. The smallest absolute Gasteiger partial charge is 0.199 e. The maximum Gasteiger partial charge on any atom is 0.199 e. The van der Waals surface area contributed by atoms with Gasteiger partial charge in [0.05, 0.1) is 7.11 Å². The van der Waals surface area contributed by atoms with Crippen LogP contribution in [0, 0.1) is 12.2 Å². The molecule has 0 radical (unpaired) electrons. The van der Waals surface area contributed by atoms with Crippen molar-refractivity contribution in [1.82, 2.24) is 0 Å². The van der Waals surface area contributed by atoms with E-state index in [1.807, 2.05) is 6.92 Å². The molecule has 0 fully saturated rings. The molecule has 0 atom stereocenters. The van der Waals surface area contributed by atoms with Gasteiger partial charge >= 0.3 is 0 Å². The third-order valence-electron chi connectivity index (χ3n) is 0.562. The van der Waals surface area contributed by atoms with E-state index in [-0.39, 0.29) is 6.79 Å². The van der Waals surface area contributed by atoms with E-state index in [0.29, 0.717) is 6.61 Å². The minimum atomic E-state index is 0.201. The van der Waals surface area contributed by atoms with Crippen LogP contribution in [-0.2, 0) is 14.2 Å². The van der Waals surface area contributed by atoms with Crippen molar-refractivity contribution in [1.29, 1.82) is 0 Å². The Balaban J connectivity index is 2.90. The highest BCUT2D eigenvalue weighted by molar-refractivity contribution is 4.78. The second kappa shape index (κ2) is 7.12. The van der Waals surface area contributed by atoms with E-state index in [1.165, 1.54) is 7.11 Å². The first kappa shape index (κ1) is 8.12. The van der Waals surface area contributed by atoms with Crippen LogP contribution in [0.2, 0.25) is 0 Å². The Hall–Kier alpha value is -0.880. The van der Waals surface area contributed by atoms with E-state index >= 15 is 0 Å². The molecule has 0 heterocycles. The summed E-state index contributed by atoms with van der Waals surface area (Å²) in [5, 5.41) is 0. The Morgan fingerprint density at radius 3 is 2.67 bits per heavy atom. The molecule has 0 rings (SSSR count). The first-order valence-electron chi connectivity index (χ1n) is 2.64. The van der Waals surface area contributed by atoms with E-state index in [2.05, 4.69) is 21.7 Å². The predicted molar refractivity (Wildman–Crippen MR) is 32.4 cm³/mol. The van der Waals surface area contributed by atoms with Gasteiger partial charge in [0.2, 0.25) is 0 Å². The third-order valence-corrected chi connectivity index (χ3v) is 0.562. The molecule has 0 aliphatic rings. The Kier molecular flexibility index (Phi) is 6.42. The lowest BCUT2D eigenvalue weighted by Crippen LogP contribution is -1.93. The van der Waals surface area contributed by atoms with E-state index in [0.717, 1.165) is 0 Å². The van der Waals surface area contributed by atoms with Crippen molar-refractivity contribution in [3.63, 3.8) is 0 Å². The Morgan fingerprint density at radius 2 is 2.11 bits per heavy atom. The van der Waals surface area contributed by atoms with Gasteiger partial charge in [0, 0.05) is 6.61 Å². The largest absolute Gasteiger partial charge is 0.448 e. The van der Waals surface area contributed by atoms with Crippen molar-refractivity contribution in [3.05, 3.63) is 0 Å². The molecule has 0 saturated carbocycles. The van der Waals surface area contributed by atoms with Gasteiger partial charge < -0.3 is 14.2 Å². The molecule has 3 heteroatoms. The molecular formula is C6H10O3. The zero-order valence-electron chi connectivity index (χ0n) is 5.64. The number of hydrogen-bond donors (Lipinski definition) is 0. The molecule has 52 valence electrons. The van der Waals surface area contributed by atoms with Crippen molar-refractivity contribution in [2.24, 2.45) is 0 Å². The zero-order valence-corrected chi connectivity index (χ0v) is 5.64. The number of methoxy groups -OCH3 is 1. The van der Waals surface area contributed by atoms with Crippen molar-refractivity contribution in [2.75, 3.05) is 20.5 Å². The van der Waals surface area contributed by atoms with Gasteiger partial charge in [-0.05, 0) is 6.92 Å². The number of ether oxygens (including phenoxy) is 3. The molecule has 0 aromatic heterocycles. The van der Waals surface area contributed by atoms with Crippen LogP contribution in [-0.4, -0.2) is 20.5 Å². The lowest BCUT2D eigenvalue weighted by molar-refractivity contribution is 0.00386. The summed E-state index contributed by atoms with van der Waals surface area (Å²) in [6.45, 7) is 2.72. The SMILES string of the molecule is CCOCOC#COC. The van der Waals surface area contributed by atoms with Crippen LogP contribution in [0.5, 0.6) is 0 Å². The molecule has 0 N–H and O–H groups in total. The van der Waals surface area contributed by atoms with E-state index in [1.54, 1.807) is 0 Å². The fourth-order valence-electron chi connectivity index (χ4n) is 0.226. The first-order valence-corrected chi connectivity index (χ1v) is 2.64. The highest BCUT2D eigenvalue weighted by Crippen LogP contribution is 1.73. The van der Waals surface area contributed by atoms with Crippen LogP contribution in [0.1, 0.15) is 6.92 Å². The molecule has 0 bridgehead atoms. The standard InChI is InChI=1S/C6H10O3/c1-3-8-6-9-5-4-7-2/h3,6H2,1-2H3. The molecule has 0 aliphatic heterocycles. The van der Waals surface area contributed by atoms with Crippen molar-refractivity contribution >= 4 is 0 Å². The summed E-state index contributed by atoms with van der Waals surface area (Å²) in [5.41, 5.74) is 0. The third kappa shape index (κ3) is 7.12. The normalized spacial score (nSPS) is 7.33. The molecule has 0 aromatic rings. The highest BCUT2D eigenvalue weighted by Gasteiger charge is 1.75. The monoisotopic (exact) mass is 130 g/mol. The second-order valence-corrected chi connectivity index (χ2v) is 1.16. The van der Waals surface area contributed by atoms with Crippen LogP contribution in [0.25, 0.3) is 0 Å². The minimum absolute atomic E-state index is 0.201. The molecule has 9 heavy (non-hydrogen) atoms. The van der Waals surface area contributed by atoms with Gasteiger partial charge in [-0.3, -0.25) is 0 Å². The van der Waals surface area contributed by atoms with Crippen LogP contribution >= 0.6 is 0 Å². The summed E-state index contributed by atoms with van der Waals surface area (Å²) >= 11 is 0. The molecule has 0 unspecified atom stereocenters. The van der Waals surface area contributed by atoms with Gasteiger partial charge in [0.15, 0.2) is 19.0 Å². The van der Waals surface area contributed by atoms with E-state index < -0.39 is 0 Å². The van der Waals surface area contributed by atoms with Gasteiger partial charge in [0.25, 0.3) is 0 Å². The Morgan fingerprint density at radius 1 is 1.33 bits per heavy atom. The van der Waals surface area contributed by atoms with E-state index in [9.17, 15) is 0 Å². The summed E-state index contributed by atoms with van der Waals surface area (Å²) in [6.07, 6.45) is 4.53. The van der Waals surface area contributed by atoms with Gasteiger partial charge in [0.1, 0.15) is 0 Å². The van der Waals surface area contributed by atoms with Crippen molar-refractivity contribution < 1.29 is 14.2 Å². The lowest BCUT2D eigenvalue weighted by Gasteiger charge is -1.94. The summed E-state index contributed by atoms with van der Waals surface area (Å²) < 4.78 is 13.8. The number of rotatable bonds is 3. The topological polar surface area (TPSA) is 27.7 Å². The van der Waals surface area contributed by atoms with Gasteiger partial charge in [-0.1, -0.05) is 0 Å². The van der Waals surface area contributed by atoms with Crippen LogP contribution in [0.3, 0.4) is 0 Å². The molecular weight excluding hydrogens is 120 g/mol. The van der Waals surface area contributed by atoms with Gasteiger partial charge in [-0.2, -0.15) is 0 Å². The Bertz CT molecular complexity index is 101. The Labute approximate surface area is 54.9 Å². The molecule has 0 amide bonds. The van der Waals surface area contributed by atoms with E-state index in [4.69, 9.17) is 4.74 Å². The highest BCUT2D eigenvalue weighted by atomic mass is 16.7. The average Bonchev–Trinajstić information content (AvgIpc) is 1.89. The summed E-state index contributed by atoms with van der Waals surface area (Å²) in [7, 11) is 1.47. The van der Waals surface area contributed by atoms with Crippen molar-refractivity contribution in [3.8, 4) is 12.2 Å². The fraction of sp³-hybridized carbons (Fsp3) is 0.667. The molecule has 0 aromatic carbocycles. The van der Waals surface area contributed by atoms with Crippen LogP contribution in [0.15, 0.2) is 0 Å². The molecule has 0 aliphatic carbocycles. The van der Waals surface area contributed by atoms with Gasteiger partial charge in [-0.15, -0.1) is 0 Å². The van der Waals surface area contributed by atoms with Crippen LogP contribution in [0.4, 0.5) is 0 Å². The maximum atomic E-state index is 4.80.